The van der Waals surface area contributed by atoms with Gasteiger partial charge in [0.2, 0.25) is 0 Å². The van der Waals surface area contributed by atoms with Crippen molar-refractivity contribution in [3.05, 3.63) is 59.7 Å². The van der Waals surface area contributed by atoms with Gasteiger partial charge in [0.25, 0.3) is 11.8 Å². The lowest BCUT2D eigenvalue weighted by atomic mass is 10.0. The second-order valence-corrected chi connectivity index (χ2v) is 7.10. The Balaban J connectivity index is 1.58. The minimum absolute atomic E-state index is 0.00945. The minimum Gasteiger partial charge on any atom is -0.483 e. The molecule has 2 aromatic carbocycles. The highest BCUT2D eigenvalue weighted by Gasteiger charge is 2.33. The molecule has 0 radical (unpaired) electrons. The average molecular weight is 379 g/mol. The Kier molecular flexibility index (Phi) is 5.19. The van der Waals surface area contributed by atoms with Crippen LogP contribution in [0.2, 0.25) is 0 Å². The van der Waals surface area contributed by atoms with Crippen LogP contribution < -0.4 is 10.1 Å². The topological polar surface area (TPSA) is 61.9 Å². The smallest absolute Gasteiger partial charge is 0.260 e. The SMILES string of the molecule is CCN1C(=O)c2ccccc2NC1c1ccccc1OCC(=O)N1CCCC1. The van der Waals surface area contributed by atoms with Crippen molar-refractivity contribution >= 4 is 17.5 Å². The molecule has 2 aliphatic rings. The average Bonchev–Trinajstić information content (AvgIpc) is 3.27. The fourth-order valence-electron chi connectivity index (χ4n) is 3.90. The van der Waals surface area contributed by atoms with Crippen LogP contribution >= 0.6 is 0 Å². The molecule has 0 aliphatic carbocycles. The van der Waals surface area contributed by atoms with Crippen molar-refractivity contribution in [2.45, 2.75) is 25.9 Å². The predicted molar refractivity (Wildman–Crippen MR) is 107 cm³/mol. The lowest BCUT2D eigenvalue weighted by Crippen LogP contribution is -2.43. The minimum atomic E-state index is -0.342. The molecule has 0 aromatic heterocycles. The van der Waals surface area contributed by atoms with Crippen molar-refractivity contribution in [2.24, 2.45) is 0 Å². The maximum absolute atomic E-state index is 13.0. The Morgan fingerprint density at radius 3 is 2.61 bits per heavy atom. The summed E-state index contributed by atoms with van der Waals surface area (Å²) in [7, 11) is 0. The first-order valence-corrected chi connectivity index (χ1v) is 9.85. The van der Waals surface area contributed by atoms with Crippen molar-refractivity contribution in [3.63, 3.8) is 0 Å². The molecule has 0 bridgehead atoms. The monoisotopic (exact) mass is 379 g/mol. The fourth-order valence-corrected chi connectivity index (χ4v) is 3.90. The zero-order valence-electron chi connectivity index (χ0n) is 16.1. The van der Waals surface area contributed by atoms with Crippen LogP contribution in [-0.2, 0) is 4.79 Å². The van der Waals surface area contributed by atoms with Crippen molar-refractivity contribution in [1.82, 2.24) is 9.80 Å². The van der Waals surface area contributed by atoms with Gasteiger partial charge in [-0.2, -0.15) is 0 Å². The van der Waals surface area contributed by atoms with E-state index in [0.29, 0.717) is 17.9 Å². The molecular formula is C22H25N3O3. The third-order valence-electron chi connectivity index (χ3n) is 5.39. The van der Waals surface area contributed by atoms with E-state index in [-0.39, 0.29) is 24.6 Å². The lowest BCUT2D eigenvalue weighted by Gasteiger charge is -2.38. The second-order valence-electron chi connectivity index (χ2n) is 7.10. The Labute approximate surface area is 165 Å². The van der Waals surface area contributed by atoms with Crippen LogP contribution in [0.5, 0.6) is 5.75 Å². The van der Waals surface area contributed by atoms with Crippen LogP contribution in [0.15, 0.2) is 48.5 Å². The van der Waals surface area contributed by atoms with Crippen LogP contribution in [0.25, 0.3) is 0 Å². The molecule has 28 heavy (non-hydrogen) atoms. The van der Waals surface area contributed by atoms with Crippen LogP contribution in [-0.4, -0.2) is 47.9 Å². The molecule has 2 amide bonds. The number of amides is 2. The van der Waals surface area contributed by atoms with E-state index in [0.717, 1.165) is 37.2 Å². The zero-order valence-corrected chi connectivity index (χ0v) is 16.1. The number of nitrogens with one attached hydrogen (secondary N) is 1. The molecule has 146 valence electrons. The quantitative estimate of drug-likeness (QED) is 0.866. The predicted octanol–water partition coefficient (Wildman–Crippen LogP) is 3.27. The molecule has 6 heteroatoms. The van der Waals surface area contributed by atoms with Gasteiger partial charge in [-0.15, -0.1) is 0 Å². The van der Waals surface area contributed by atoms with Crippen molar-refractivity contribution in [1.29, 1.82) is 0 Å². The molecular weight excluding hydrogens is 354 g/mol. The maximum Gasteiger partial charge on any atom is 0.260 e. The number of fused-ring (bicyclic) bond motifs is 1. The number of rotatable bonds is 5. The van der Waals surface area contributed by atoms with Crippen LogP contribution in [0.3, 0.4) is 0 Å². The summed E-state index contributed by atoms with van der Waals surface area (Å²) >= 11 is 0. The molecule has 1 atom stereocenters. The number of anilines is 1. The molecule has 0 saturated carbocycles. The third-order valence-corrected chi connectivity index (χ3v) is 5.39. The molecule has 6 nitrogen and oxygen atoms in total. The van der Waals surface area contributed by atoms with Gasteiger partial charge >= 0.3 is 0 Å². The van der Waals surface area contributed by atoms with Gasteiger partial charge in [0.05, 0.1) is 5.56 Å². The Morgan fingerprint density at radius 2 is 1.82 bits per heavy atom. The van der Waals surface area contributed by atoms with Gasteiger partial charge in [-0.25, -0.2) is 0 Å². The summed E-state index contributed by atoms with van der Waals surface area (Å²) in [6.07, 6.45) is 1.77. The van der Waals surface area contributed by atoms with Gasteiger partial charge in [-0.3, -0.25) is 9.59 Å². The summed E-state index contributed by atoms with van der Waals surface area (Å²) in [6.45, 7) is 4.15. The second kappa shape index (κ2) is 7.92. The standard InChI is InChI=1S/C22H25N3O3/c1-2-25-21(23-18-11-5-3-9-16(18)22(25)27)17-10-4-6-12-19(17)28-15-20(26)24-13-7-8-14-24/h3-6,9-12,21,23H,2,7-8,13-15H2,1H3. The van der Waals surface area contributed by atoms with Crippen molar-refractivity contribution in [2.75, 3.05) is 31.6 Å². The third kappa shape index (κ3) is 3.42. The van der Waals surface area contributed by atoms with E-state index in [9.17, 15) is 9.59 Å². The molecule has 2 aliphatic heterocycles. The number of para-hydroxylation sites is 2. The van der Waals surface area contributed by atoms with Crippen molar-refractivity contribution in [3.8, 4) is 5.75 Å². The molecule has 4 rings (SSSR count). The zero-order chi connectivity index (χ0) is 19.5. The van der Waals surface area contributed by atoms with E-state index in [1.807, 2.05) is 60.4 Å². The van der Waals surface area contributed by atoms with Gasteiger partial charge < -0.3 is 19.9 Å². The van der Waals surface area contributed by atoms with Gasteiger partial charge in [-0.1, -0.05) is 30.3 Å². The normalized spacial score (nSPS) is 18.6. The van der Waals surface area contributed by atoms with Crippen LogP contribution in [0.4, 0.5) is 5.69 Å². The molecule has 2 aromatic rings. The molecule has 1 unspecified atom stereocenters. The number of hydrogen-bond donors (Lipinski definition) is 1. The van der Waals surface area contributed by atoms with Gasteiger partial charge in [0, 0.05) is 30.9 Å². The number of benzene rings is 2. The number of nitrogens with zero attached hydrogens (tertiary/aromatic N) is 2. The van der Waals surface area contributed by atoms with E-state index in [1.165, 1.54) is 0 Å². The Bertz CT molecular complexity index is 877. The first-order valence-electron chi connectivity index (χ1n) is 9.85. The highest BCUT2D eigenvalue weighted by atomic mass is 16.5. The van der Waals surface area contributed by atoms with Gasteiger partial charge in [0.1, 0.15) is 11.9 Å². The van der Waals surface area contributed by atoms with Crippen molar-refractivity contribution < 1.29 is 14.3 Å². The highest BCUT2D eigenvalue weighted by molar-refractivity contribution is 6.01. The number of carbonyl (C=O) groups excluding carboxylic acids is 2. The number of carbonyl (C=O) groups is 2. The molecule has 2 heterocycles. The Morgan fingerprint density at radius 1 is 1.11 bits per heavy atom. The first-order chi connectivity index (χ1) is 13.7. The lowest BCUT2D eigenvalue weighted by molar-refractivity contribution is -0.132. The van der Waals surface area contributed by atoms with E-state index < -0.39 is 0 Å². The van der Waals surface area contributed by atoms with E-state index >= 15 is 0 Å². The summed E-state index contributed by atoms with van der Waals surface area (Å²) < 4.78 is 5.91. The Hall–Kier alpha value is -3.02. The highest BCUT2D eigenvalue weighted by Crippen LogP contribution is 2.36. The molecule has 0 spiro atoms. The molecule has 1 saturated heterocycles. The first kappa shape index (κ1) is 18.3. The van der Waals surface area contributed by atoms with Crippen LogP contribution in [0.1, 0.15) is 41.9 Å². The maximum atomic E-state index is 13.0. The largest absolute Gasteiger partial charge is 0.483 e. The molecule has 1 fully saturated rings. The summed E-state index contributed by atoms with van der Waals surface area (Å²) in [6, 6.07) is 15.1. The summed E-state index contributed by atoms with van der Waals surface area (Å²) in [5, 5.41) is 3.46. The molecule has 1 N–H and O–H groups in total. The van der Waals surface area contributed by atoms with E-state index in [1.54, 1.807) is 4.90 Å². The summed E-state index contributed by atoms with van der Waals surface area (Å²) in [4.78, 5) is 29.0. The van der Waals surface area contributed by atoms with Crippen LogP contribution in [0, 0.1) is 0 Å². The van der Waals surface area contributed by atoms with Gasteiger partial charge in [0.15, 0.2) is 6.61 Å². The van der Waals surface area contributed by atoms with Gasteiger partial charge in [-0.05, 0) is 38.0 Å². The number of ether oxygens (including phenoxy) is 1. The van der Waals surface area contributed by atoms with E-state index in [4.69, 9.17) is 4.74 Å². The number of hydrogen-bond acceptors (Lipinski definition) is 4. The number of likely N-dealkylation sites (tertiary alicyclic amines) is 1. The fraction of sp³-hybridized carbons (Fsp3) is 0.364. The van der Waals surface area contributed by atoms with E-state index in [2.05, 4.69) is 5.32 Å². The summed E-state index contributed by atoms with van der Waals surface area (Å²) in [5.74, 6) is 0.626. The summed E-state index contributed by atoms with van der Waals surface area (Å²) in [5.41, 5.74) is 2.33.